The first-order chi connectivity index (χ1) is 11.1. The molecule has 23 heavy (non-hydrogen) atoms. The molecule has 1 aromatic carbocycles. The molecule has 3 rings (SSSR count). The van der Waals surface area contributed by atoms with E-state index >= 15 is 0 Å². The zero-order valence-corrected chi connectivity index (χ0v) is 13.9. The molecule has 2 aromatic heterocycles. The highest BCUT2D eigenvalue weighted by molar-refractivity contribution is 7.99. The number of amides is 1. The molecule has 118 valence electrons. The molecule has 0 saturated heterocycles. The third-order valence-electron chi connectivity index (χ3n) is 2.58. The summed E-state index contributed by atoms with van der Waals surface area (Å²) in [6, 6.07) is 7.24. The molecule has 0 aliphatic heterocycles. The lowest BCUT2D eigenvalue weighted by molar-refractivity contribution is -0.113. The quantitative estimate of drug-likeness (QED) is 0.591. The van der Waals surface area contributed by atoms with Gasteiger partial charge in [0, 0.05) is 10.6 Å². The van der Waals surface area contributed by atoms with Crippen molar-refractivity contribution in [3.8, 4) is 10.6 Å². The Morgan fingerprint density at radius 3 is 2.83 bits per heavy atom. The van der Waals surface area contributed by atoms with Gasteiger partial charge in [-0.2, -0.15) is 14.3 Å². The largest absolute Gasteiger partial charge is 0.368 e. The minimum absolute atomic E-state index is 0.132. The van der Waals surface area contributed by atoms with Crippen LogP contribution in [0.25, 0.3) is 10.6 Å². The van der Waals surface area contributed by atoms with Gasteiger partial charge < -0.3 is 5.73 Å². The molecule has 0 bridgehead atoms. The Bertz CT molecular complexity index is 817. The van der Waals surface area contributed by atoms with Gasteiger partial charge in [-0.25, -0.2) is 5.10 Å². The first-order valence-corrected chi connectivity index (χ1v) is 8.44. The Hall–Kier alpha value is -2.17. The predicted molar refractivity (Wildman–Crippen MR) is 90.5 cm³/mol. The van der Waals surface area contributed by atoms with Crippen molar-refractivity contribution in [1.29, 1.82) is 0 Å². The van der Waals surface area contributed by atoms with Crippen molar-refractivity contribution < 1.29 is 4.79 Å². The topological polar surface area (TPSA) is 122 Å². The zero-order chi connectivity index (χ0) is 16.2. The van der Waals surface area contributed by atoms with E-state index in [4.69, 9.17) is 17.3 Å². The van der Waals surface area contributed by atoms with Crippen LogP contribution in [0.4, 0.5) is 11.9 Å². The summed E-state index contributed by atoms with van der Waals surface area (Å²) in [4.78, 5) is 20.0. The van der Waals surface area contributed by atoms with Crippen molar-refractivity contribution in [2.45, 2.75) is 5.16 Å². The van der Waals surface area contributed by atoms with E-state index in [2.05, 4.69) is 29.9 Å². The van der Waals surface area contributed by atoms with Crippen LogP contribution in [0.2, 0.25) is 5.02 Å². The van der Waals surface area contributed by atoms with Crippen molar-refractivity contribution in [2.24, 2.45) is 0 Å². The summed E-state index contributed by atoms with van der Waals surface area (Å²) in [5.74, 6) is 0.354. The fraction of sp³-hybridized carbons (Fsp3) is 0.0833. The van der Waals surface area contributed by atoms with Crippen LogP contribution in [0.5, 0.6) is 0 Å². The average Bonchev–Trinajstić information content (AvgIpc) is 3.15. The second-order valence-corrected chi connectivity index (χ2v) is 6.40. The lowest BCUT2D eigenvalue weighted by Crippen LogP contribution is -2.15. The van der Waals surface area contributed by atoms with Crippen LogP contribution in [0.3, 0.4) is 0 Å². The molecule has 4 N–H and O–H groups in total. The summed E-state index contributed by atoms with van der Waals surface area (Å²) in [6.45, 7) is 0. The van der Waals surface area contributed by atoms with Crippen molar-refractivity contribution in [2.75, 3.05) is 16.8 Å². The maximum Gasteiger partial charge on any atom is 0.241 e. The smallest absolute Gasteiger partial charge is 0.241 e. The lowest BCUT2D eigenvalue weighted by Gasteiger charge is -1.98. The van der Waals surface area contributed by atoms with E-state index in [0.717, 1.165) is 17.3 Å². The van der Waals surface area contributed by atoms with Crippen molar-refractivity contribution >= 4 is 52.7 Å². The number of carbonyl (C=O) groups is 1. The Kier molecular flexibility index (Phi) is 4.74. The van der Waals surface area contributed by atoms with Gasteiger partial charge in [-0.3, -0.25) is 10.1 Å². The van der Waals surface area contributed by atoms with Gasteiger partial charge in [0.1, 0.15) is 5.01 Å². The van der Waals surface area contributed by atoms with Crippen LogP contribution in [0, 0.1) is 0 Å². The van der Waals surface area contributed by atoms with Crippen LogP contribution >= 0.6 is 34.9 Å². The lowest BCUT2D eigenvalue weighted by atomic mass is 10.2. The number of nitrogens with zero attached hydrogens (tertiary/aromatic N) is 4. The summed E-state index contributed by atoms with van der Waals surface area (Å²) < 4.78 is 4.11. The minimum Gasteiger partial charge on any atom is -0.368 e. The molecule has 3 aromatic rings. The van der Waals surface area contributed by atoms with Crippen LogP contribution in [-0.2, 0) is 4.79 Å². The van der Waals surface area contributed by atoms with E-state index in [9.17, 15) is 4.79 Å². The highest BCUT2D eigenvalue weighted by Crippen LogP contribution is 2.24. The first kappa shape index (κ1) is 15.7. The second-order valence-electron chi connectivity index (χ2n) is 4.27. The number of H-pyrrole nitrogens is 1. The monoisotopic (exact) mass is 367 g/mol. The number of aromatic amines is 1. The molecule has 0 atom stereocenters. The SMILES string of the molecule is Nc1nc(SCC(=O)Nc2nsc(-c3ccc(Cl)cc3)n2)n[nH]1. The van der Waals surface area contributed by atoms with E-state index in [0.29, 0.717) is 15.2 Å². The Morgan fingerprint density at radius 2 is 2.13 bits per heavy atom. The molecule has 8 nitrogen and oxygen atoms in total. The number of hydrogen-bond acceptors (Lipinski definition) is 8. The van der Waals surface area contributed by atoms with Crippen LogP contribution in [0.1, 0.15) is 0 Å². The number of rotatable bonds is 5. The average molecular weight is 368 g/mol. The number of carbonyl (C=O) groups excluding carboxylic acids is 1. The van der Waals surface area contributed by atoms with E-state index in [1.54, 1.807) is 12.1 Å². The molecule has 0 unspecified atom stereocenters. The number of thioether (sulfide) groups is 1. The maximum atomic E-state index is 11.9. The number of halogens is 1. The number of anilines is 2. The summed E-state index contributed by atoms with van der Waals surface area (Å²) >= 11 is 8.21. The zero-order valence-electron chi connectivity index (χ0n) is 11.5. The molecule has 0 fully saturated rings. The Labute approximate surface area is 144 Å². The molecule has 0 saturated carbocycles. The van der Waals surface area contributed by atoms with Gasteiger partial charge in [0.05, 0.1) is 5.75 Å². The Balaban J connectivity index is 1.58. The highest BCUT2D eigenvalue weighted by Gasteiger charge is 2.11. The van der Waals surface area contributed by atoms with E-state index < -0.39 is 0 Å². The molecule has 2 heterocycles. The molecule has 0 radical (unpaired) electrons. The molecule has 0 spiro atoms. The summed E-state index contributed by atoms with van der Waals surface area (Å²) in [7, 11) is 0. The van der Waals surface area contributed by atoms with E-state index in [-0.39, 0.29) is 23.6 Å². The van der Waals surface area contributed by atoms with Gasteiger partial charge in [-0.1, -0.05) is 35.5 Å². The number of aromatic nitrogens is 5. The molecule has 0 aliphatic rings. The number of benzene rings is 1. The van der Waals surface area contributed by atoms with E-state index in [1.165, 1.54) is 11.5 Å². The highest BCUT2D eigenvalue weighted by atomic mass is 35.5. The molecule has 1 amide bonds. The van der Waals surface area contributed by atoms with Gasteiger partial charge in [-0.15, -0.1) is 5.10 Å². The molecule has 0 aliphatic carbocycles. The number of hydrogen-bond donors (Lipinski definition) is 3. The second kappa shape index (κ2) is 6.94. The number of nitrogen functional groups attached to an aromatic ring is 1. The fourth-order valence-corrected chi connectivity index (χ4v) is 2.96. The third kappa shape index (κ3) is 4.18. The van der Waals surface area contributed by atoms with Gasteiger partial charge in [0.2, 0.25) is 23.0 Å². The van der Waals surface area contributed by atoms with Crippen molar-refractivity contribution in [1.82, 2.24) is 24.5 Å². The normalized spacial score (nSPS) is 10.7. The van der Waals surface area contributed by atoms with Gasteiger partial charge >= 0.3 is 0 Å². The van der Waals surface area contributed by atoms with Gasteiger partial charge in [0.15, 0.2) is 0 Å². The van der Waals surface area contributed by atoms with Crippen molar-refractivity contribution in [3.05, 3.63) is 29.3 Å². The standard InChI is InChI=1S/C12H10ClN7OS2/c13-7-3-1-6(2-4-7)9-16-11(20-23-9)15-8(21)5-22-12-17-10(14)18-19-12/h1-4H,5H2,(H,15,20,21)(H3,14,17,18,19). The minimum atomic E-state index is -0.251. The van der Waals surface area contributed by atoms with E-state index in [1.807, 2.05) is 12.1 Å². The summed E-state index contributed by atoms with van der Waals surface area (Å²) in [5.41, 5.74) is 6.29. The first-order valence-electron chi connectivity index (χ1n) is 6.30. The van der Waals surface area contributed by atoms with Crippen LogP contribution < -0.4 is 11.1 Å². The summed E-state index contributed by atoms with van der Waals surface area (Å²) in [5, 5.41) is 10.7. The third-order valence-corrected chi connectivity index (χ3v) is 4.45. The molecular formula is C12H10ClN7OS2. The molecule has 11 heteroatoms. The number of nitrogens with two attached hydrogens (primary N) is 1. The molecular weight excluding hydrogens is 358 g/mol. The summed E-state index contributed by atoms with van der Waals surface area (Å²) in [6.07, 6.45) is 0. The maximum absolute atomic E-state index is 11.9. The Morgan fingerprint density at radius 1 is 1.35 bits per heavy atom. The fourth-order valence-electron chi connectivity index (χ4n) is 1.60. The number of nitrogens with one attached hydrogen (secondary N) is 2. The van der Waals surface area contributed by atoms with Crippen LogP contribution in [0.15, 0.2) is 29.4 Å². The van der Waals surface area contributed by atoms with Gasteiger partial charge in [0.25, 0.3) is 0 Å². The van der Waals surface area contributed by atoms with Crippen LogP contribution in [-0.4, -0.2) is 36.2 Å². The predicted octanol–water partition coefficient (Wildman–Crippen LogP) is 2.29. The van der Waals surface area contributed by atoms with Gasteiger partial charge in [-0.05, 0) is 23.7 Å². The van der Waals surface area contributed by atoms with Crippen molar-refractivity contribution in [3.63, 3.8) is 0 Å².